The molecule has 0 aliphatic carbocycles. The van der Waals surface area contributed by atoms with E-state index in [1.165, 1.54) is 6.20 Å². The number of hydrogen-bond donors (Lipinski definition) is 1. The first-order valence-corrected chi connectivity index (χ1v) is 11.3. The van der Waals surface area contributed by atoms with Crippen LogP contribution >= 0.6 is 0 Å². The Hall–Kier alpha value is -3.19. The molecule has 32 heavy (non-hydrogen) atoms. The molecule has 7 heteroatoms. The third-order valence-electron chi connectivity index (χ3n) is 6.09. The number of hydrogen-bond acceptors (Lipinski definition) is 6. The summed E-state index contributed by atoms with van der Waals surface area (Å²) in [7, 11) is 0. The predicted molar refractivity (Wildman–Crippen MR) is 127 cm³/mol. The normalized spacial score (nSPS) is 16.1. The second kappa shape index (κ2) is 9.53. The van der Waals surface area contributed by atoms with Gasteiger partial charge in [0.25, 0.3) is 0 Å². The van der Waals surface area contributed by atoms with Gasteiger partial charge in [-0.3, -0.25) is 9.88 Å². The molecule has 0 saturated carbocycles. The lowest BCUT2D eigenvalue weighted by atomic mass is 10.1. The predicted octanol–water partition coefficient (Wildman–Crippen LogP) is 4.19. The molecule has 0 unspecified atom stereocenters. The van der Waals surface area contributed by atoms with E-state index in [-0.39, 0.29) is 5.82 Å². The van der Waals surface area contributed by atoms with Gasteiger partial charge in [-0.1, -0.05) is 18.2 Å². The van der Waals surface area contributed by atoms with E-state index in [0.717, 1.165) is 80.1 Å². The van der Waals surface area contributed by atoms with Crippen molar-refractivity contribution in [2.75, 3.05) is 56.1 Å². The molecule has 0 bridgehead atoms. The maximum absolute atomic E-state index is 13.7. The zero-order chi connectivity index (χ0) is 21.8. The fraction of sp³-hybridized carbons (Fsp3) is 0.360. The second-order valence-corrected chi connectivity index (χ2v) is 8.25. The highest BCUT2D eigenvalue weighted by Crippen LogP contribution is 2.27. The van der Waals surface area contributed by atoms with E-state index in [2.05, 4.69) is 43.3 Å². The number of pyridine rings is 2. The number of halogens is 1. The van der Waals surface area contributed by atoms with E-state index in [4.69, 9.17) is 4.74 Å². The molecule has 166 valence electrons. The summed E-state index contributed by atoms with van der Waals surface area (Å²) in [5, 5.41) is 4.15. The van der Waals surface area contributed by atoms with Gasteiger partial charge in [0.15, 0.2) is 0 Å². The van der Waals surface area contributed by atoms with Crippen LogP contribution in [0.4, 0.5) is 15.9 Å². The number of aromatic nitrogens is 2. The standard InChI is InChI=1S/C25H28FN5O/c26-20-17-21-22(28-18-20)6-3-7-23(21)31-14-12-30(13-15-31)11-1-2-16-32-24-9-8-19-5-4-10-27-25(19)29-24/h3-9,17-18H,1-2,10-16H2,(H,27,29). The molecule has 6 nitrogen and oxygen atoms in total. The molecule has 1 saturated heterocycles. The molecule has 2 aliphatic rings. The van der Waals surface area contributed by atoms with Crippen molar-refractivity contribution in [3.8, 4) is 5.88 Å². The number of benzene rings is 1. The van der Waals surface area contributed by atoms with Gasteiger partial charge in [-0.05, 0) is 43.7 Å². The Morgan fingerprint density at radius 1 is 1.06 bits per heavy atom. The smallest absolute Gasteiger partial charge is 0.215 e. The maximum atomic E-state index is 13.7. The molecule has 2 aromatic heterocycles. The van der Waals surface area contributed by atoms with Crippen molar-refractivity contribution >= 4 is 28.5 Å². The Morgan fingerprint density at radius 2 is 1.97 bits per heavy atom. The van der Waals surface area contributed by atoms with Crippen LogP contribution in [0.25, 0.3) is 17.0 Å². The average Bonchev–Trinajstić information content (AvgIpc) is 2.84. The van der Waals surface area contributed by atoms with Crippen molar-refractivity contribution in [2.24, 2.45) is 0 Å². The van der Waals surface area contributed by atoms with Crippen LogP contribution in [0.5, 0.6) is 5.88 Å². The monoisotopic (exact) mass is 433 g/mol. The number of ether oxygens (including phenoxy) is 1. The minimum atomic E-state index is -0.288. The van der Waals surface area contributed by atoms with Crippen molar-refractivity contribution in [2.45, 2.75) is 12.8 Å². The molecule has 3 aromatic rings. The summed E-state index contributed by atoms with van der Waals surface area (Å²) in [4.78, 5) is 13.6. The molecule has 0 atom stereocenters. The first-order chi connectivity index (χ1) is 15.8. The van der Waals surface area contributed by atoms with Crippen LogP contribution in [0.1, 0.15) is 18.4 Å². The lowest BCUT2D eigenvalue weighted by molar-refractivity contribution is 0.237. The molecule has 0 amide bonds. The Kier molecular flexibility index (Phi) is 6.16. The molecular formula is C25H28FN5O. The van der Waals surface area contributed by atoms with E-state index in [0.29, 0.717) is 12.5 Å². The third-order valence-corrected chi connectivity index (χ3v) is 6.09. The zero-order valence-electron chi connectivity index (χ0n) is 18.1. The first kappa shape index (κ1) is 20.7. The van der Waals surface area contributed by atoms with Gasteiger partial charge in [-0.2, -0.15) is 4.98 Å². The van der Waals surface area contributed by atoms with Gasteiger partial charge >= 0.3 is 0 Å². The first-order valence-electron chi connectivity index (χ1n) is 11.3. The van der Waals surface area contributed by atoms with Crippen LogP contribution in [0.2, 0.25) is 0 Å². The Bertz CT molecular complexity index is 1110. The maximum Gasteiger partial charge on any atom is 0.215 e. The van der Waals surface area contributed by atoms with Crippen LogP contribution in [0.15, 0.2) is 48.7 Å². The Balaban J connectivity index is 1.06. The number of fused-ring (bicyclic) bond motifs is 2. The SMILES string of the molecule is Fc1cnc2cccc(N3CCN(CCCCOc4ccc5c(n4)NCC=C5)CC3)c2c1. The number of rotatable bonds is 7. The van der Waals surface area contributed by atoms with Gasteiger partial charge in [0, 0.05) is 55.4 Å². The second-order valence-electron chi connectivity index (χ2n) is 8.25. The van der Waals surface area contributed by atoms with Crippen LogP contribution in [0, 0.1) is 5.82 Å². The lowest BCUT2D eigenvalue weighted by Gasteiger charge is -2.36. The van der Waals surface area contributed by atoms with Crippen molar-refractivity contribution in [1.82, 2.24) is 14.9 Å². The highest BCUT2D eigenvalue weighted by molar-refractivity contribution is 5.91. The molecule has 1 aromatic carbocycles. The van der Waals surface area contributed by atoms with Crippen molar-refractivity contribution in [3.05, 3.63) is 60.1 Å². The van der Waals surface area contributed by atoms with Crippen molar-refractivity contribution in [1.29, 1.82) is 0 Å². The van der Waals surface area contributed by atoms with Gasteiger partial charge in [0.05, 0.1) is 18.3 Å². The molecule has 2 aliphatic heterocycles. The Morgan fingerprint density at radius 3 is 2.88 bits per heavy atom. The summed E-state index contributed by atoms with van der Waals surface area (Å²) < 4.78 is 19.6. The van der Waals surface area contributed by atoms with E-state index < -0.39 is 0 Å². The zero-order valence-corrected chi connectivity index (χ0v) is 18.1. The summed E-state index contributed by atoms with van der Waals surface area (Å²) >= 11 is 0. The van der Waals surface area contributed by atoms with Crippen LogP contribution in [-0.4, -0.2) is 60.7 Å². The molecule has 1 N–H and O–H groups in total. The number of nitrogens with one attached hydrogen (secondary N) is 1. The van der Waals surface area contributed by atoms with Gasteiger partial charge in [-0.15, -0.1) is 0 Å². The minimum Gasteiger partial charge on any atom is -0.478 e. The lowest BCUT2D eigenvalue weighted by Crippen LogP contribution is -2.46. The highest BCUT2D eigenvalue weighted by Gasteiger charge is 2.19. The van der Waals surface area contributed by atoms with E-state index in [1.54, 1.807) is 6.07 Å². The van der Waals surface area contributed by atoms with Crippen molar-refractivity contribution in [3.63, 3.8) is 0 Å². The fourth-order valence-corrected chi connectivity index (χ4v) is 4.36. The fourth-order valence-electron chi connectivity index (χ4n) is 4.36. The topological polar surface area (TPSA) is 53.5 Å². The Labute approximate surface area is 187 Å². The molecular weight excluding hydrogens is 405 g/mol. The molecule has 1 fully saturated rings. The van der Waals surface area contributed by atoms with E-state index in [1.807, 2.05) is 24.3 Å². The minimum absolute atomic E-state index is 0.288. The summed E-state index contributed by atoms with van der Waals surface area (Å²) in [5.41, 5.74) is 3.02. The molecule has 4 heterocycles. The molecule has 0 spiro atoms. The van der Waals surface area contributed by atoms with Crippen LogP contribution < -0.4 is 15.0 Å². The largest absolute Gasteiger partial charge is 0.478 e. The van der Waals surface area contributed by atoms with Crippen LogP contribution in [0.3, 0.4) is 0 Å². The van der Waals surface area contributed by atoms with Gasteiger partial charge in [-0.25, -0.2) is 4.39 Å². The summed E-state index contributed by atoms with van der Waals surface area (Å²) in [6.07, 6.45) is 7.54. The third kappa shape index (κ3) is 4.67. The number of anilines is 2. The van der Waals surface area contributed by atoms with Crippen molar-refractivity contribution < 1.29 is 9.13 Å². The molecule has 0 radical (unpaired) electrons. The van der Waals surface area contributed by atoms with Gasteiger partial charge in [0.2, 0.25) is 5.88 Å². The number of unbranched alkanes of at least 4 members (excludes halogenated alkanes) is 1. The summed E-state index contributed by atoms with van der Waals surface area (Å²) in [6.45, 7) is 6.43. The van der Waals surface area contributed by atoms with Crippen LogP contribution in [-0.2, 0) is 0 Å². The number of nitrogens with zero attached hydrogens (tertiary/aromatic N) is 4. The highest BCUT2D eigenvalue weighted by atomic mass is 19.1. The van der Waals surface area contributed by atoms with Gasteiger partial charge in [0.1, 0.15) is 11.6 Å². The van der Waals surface area contributed by atoms with Gasteiger partial charge < -0.3 is 15.0 Å². The summed E-state index contributed by atoms with van der Waals surface area (Å²) in [5.74, 6) is 1.29. The molecule has 5 rings (SSSR count). The summed E-state index contributed by atoms with van der Waals surface area (Å²) in [6, 6.07) is 11.6. The number of piperazine rings is 1. The quantitative estimate of drug-likeness (QED) is 0.564. The van der Waals surface area contributed by atoms with E-state index in [9.17, 15) is 4.39 Å². The van der Waals surface area contributed by atoms with E-state index >= 15 is 0 Å². The average molecular weight is 434 g/mol.